The topological polar surface area (TPSA) is 32.6 Å². The zero-order valence-corrected chi connectivity index (χ0v) is 15.2. The van der Waals surface area contributed by atoms with Crippen LogP contribution in [0.1, 0.15) is 30.5 Å². The van der Waals surface area contributed by atoms with Gasteiger partial charge in [-0.2, -0.15) is 11.3 Å². The molecule has 5 rings (SSSR count). The summed E-state index contributed by atoms with van der Waals surface area (Å²) in [5, 5.41) is 8.00. The highest BCUT2D eigenvalue weighted by Gasteiger charge is 2.56. The Morgan fingerprint density at radius 3 is 3.00 bits per heavy atom. The van der Waals surface area contributed by atoms with Crippen molar-refractivity contribution in [1.82, 2.24) is 19.6 Å². The van der Waals surface area contributed by atoms with Crippen molar-refractivity contribution in [1.29, 1.82) is 0 Å². The number of imidazole rings is 1. The van der Waals surface area contributed by atoms with Gasteiger partial charge in [0.2, 0.25) is 0 Å². The van der Waals surface area contributed by atoms with Gasteiger partial charge in [-0.1, -0.05) is 6.07 Å². The molecular formula is C20H24N4S. The summed E-state index contributed by atoms with van der Waals surface area (Å²) in [6.07, 6.45) is 8.19. The number of piperidine rings is 1. The van der Waals surface area contributed by atoms with Crippen LogP contribution in [-0.4, -0.2) is 33.4 Å². The van der Waals surface area contributed by atoms with Crippen molar-refractivity contribution in [3.05, 3.63) is 58.7 Å². The number of nitrogens with zero attached hydrogens (tertiary/aromatic N) is 3. The standard InChI is InChI=1S/C20H24N4S/c1-2-9-24-17(12-22-19(24)3-1)14-23(13-16-4-10-25-15-16)18-11-20(18)5-7-21-8-6-20/h1-4,9-10,12,15,18,21H,5-8,11,13-14H2. The van der Waals surface area contributed by atoms with Crippen LogP contribution in [0.15, 0.2) is 47.4 Å². The number of fused-ring (bicyclic) bond motifs is 1. The van der Waals surface area contributed by atoms with Gasteiger partial charge >= 0.3 is 0 Å². The summed E-state index contributed by atoms with van der Waals surface area (Å²) in [6.45, 7) is 4.38. The Morgan fingerprint density at radius 2 is 2.16 bits per heavy atom. The van der Waals surface area contributed by atoms with Gasteiger partial charge in [-0.25, -0.2) is 4.98 Å². The smallest absolute Gasteiger partial charge is 0.136 e. The van der Waals surface area contributed by atoms with Crippen LogP contribution in [-0.2, 0) is 13.1 Å². The van der Waals surface area contributed by atoms with E-state index in [0.717, 1.165) is 18.7 Å². The van der Waals surface area contributed by atoms with Crippen LogP contribution in [0.3, 0.4) is 0 Å². The molecule has 1 spiro atoms. The van der Waals surface area contributed by atoms with Crippen molar-refractivity contribution < 1.29 is 0 Å². The molecule has 1 atom stereocenters. The minimum absolute atomic E-state index is 0.557. The monoisotopic (exact) mass is 352 g/mol. The first-order chi connectivity index (χ1) is 12.3. The van der Waals surface area contributed by atoms with Gasteiger partial charge in [0, 0.05) is 25.3 Å². The van der Waals surface area contributed by atoms with E-state index in [9.17, 15) is 0 Å². The van der Waals surface area contributed by atoms with E-state index in [-0.39, 0.29) is 0 Å². The molecule has 4 nitrogen and oxygen atoms in total. The Kier molecular flexibility index (Phi) is 3.88. The first-order valence-electron chi connectivity index (χ1n) is 9.21. The van der Waals surface area contributed by atoms with Crippen molar-refractivity contribution in [3.8, 4) is 0 Å². The molecule has 1 aliphatic carbocycles. The zero-order valence-electron chi connectivity index (χ0n) is 14.4. The molecule has 1 aliphatic heterocycles. The molecule has 3 aromatic heterocycles. The first-order valence-corrected chi connectivity index (χ1v) is 10.2. The maximum Gasteiger partial charge on any atom is 0.136 e. The molecule has 2 fully saturated rings. The van der Waals surface area contributed by atoms with Crippen LogP contribution in [0.2, 0.25) is 0 Å². The molecule has 25 heavy (non-hydrogen) atoms. The van der Waals surface area contributed by atoms with Gasteiger partial charge in [-0.15, -0.1) is 0 Å². The fraction of sp³-hybridized carbons (Fsp3) is 0.450. The average molecular weight is 353 g/mol. The highest BCUT2D eigenvalue weighted by molar-refractivity contribution is 7.07. The fourth-order valence-electron chi connectivity index (χ4n) is 4.51. The lowest BCUT2D eigenvalue weighted by Gasteiger charge is -2.29. The molecule has 1 N–H and O–H groups in total. The molecule has 1 saturated heterocycles. The van der Waals surface area contributed by atoms with Crippen molar-refractivity contribution in [3.63, 3.8) is 0 Å². The highest BCUT2D eigenvalue weighted by Crippen LogP contribution is 2.56. The van der Waals surface area contributed by atoms with Crippen molar-refractivity contribution in [2.24, 2.45) is 5.41 Å². The summed E-state index contributed by atoms with van der Waals surface area (Å²) in [6, 6.07) is 9.21. The molecule has 3 aromatic rings. The predicted molar refractivity (Wildman–Crippen MR) is 102 cm³/mol. The second kappa shape index (κ2) is 6.24. The number of pyridine rings is 1. The minimum Gasteiger partial charge on any atom is -0.317 e. The molecular weight excluding hydrogens is 328 g/mol. The van der Waals surface area contributed by atoms with Gasteiger partial charge in [-0.3, -0.25) is 4.90 Å². The third-order valence-electron chi connectivity index (χ3n) is 6.01. The van der Waals surface area contributed by atoms with E-state index < -0.39 is 0 Å². The summed E-state index contributed by atoms with van der Waals surface area (Å²) in [5.74, 6) is 0. The molecule has 1 saturated carbocycles. The van der Waals surface area contributed by atoms with E-state index in [0.29, 0.717) is 11.5 Å². The number of thiophene rings is 1. The molecule has 5 heteroatoms. The second-order valence-corrected chi connectivity index (χ2v) is 8.33. The summed E-state index contributed by atoms with van der Waals surface area (Å²) in [5.41, 5.74) is 4.33. The van der Waals surface area contributed by atoms with Crippen molar-refractivity contribution >= 4 is 17.0 Å². The summed E-state index contributed by atoms with van der Waals surface area (Å²) < 4.78 is 2.23. The molecule has 0 aromatic carbocycles. The van der Waals surface area contributed by atoms with Gasteiger partial charge in [0.05, 0.1) is 11.9 Å². The van der Waals surface area contributed by atoms with Gasteiger partial charge in [-0.05, 0) is 72.3 Å². The van der Waals surface area contributed by atoms with Gasteiger partial charge < -0.3 is 9.72 Å². The minimum atomic E-state index is 0.557. The summed E-state index contributed by atoms with van der Waals surface area (Å²) >= 11 is 1.80. The van der Waals surface area contributed by atoms with E-state index in [1.165, 1.54) is 43.6 Å². The van der Waals surface area contributed by atoms with Gasteiger partial charge in [0.25, 0.3) is 0 Å². The van der Waals surface area contributed by atoms with Crippen LogP contribution >= 0.6 is 11.3 Å². The van der Waals surface area contributed by atoms with E-state index in [4.69, 9.17) is 0 Å². The van der Waals surface area contributed by atoms with Crippen LogP contribution in [0.5, 0.6) is 0 Å². The van der Waals surface area contributed by atoms with E-state index in [1.54, 1.807) is 11.3 Å². The maximum atomic E-state index is 4.58. The largest absolute Gasteiger partial charge is 0.317 e. The maximum absolute atomic E-state index is 4.58. The molecule has 1 unspecified atom stereocenters. The molecule has 2 aliphatic rings. The van der Waals surface area contributed by atoms with Crippen LogP contribution < -0.4 is 5.32 Å². The third-order valence-corrected chi connectivity index (χ3v) is 6.74. The quantitative estimate of drug-likeness (QED) is 0.762. The molecule has 0 radical (unpaired) electrons. The lowest BCUT2D eigenvalue weighted by Crippen LogP contribution is -2.35. The summed E-state index contributed by atoms with van der Waals surface area (Å²) in [7, 11) is 0. The van der Waals surface area contributed by atoms with Crippen LogP contribution in [0.25, 0.3) is 5.65 Å². The SMILES string of the molecule is c1ccn2c(CN(Cc3ccsc3)C3CC34CCNCC4)cnc2c1. The summed E-state index contributed by atoms with van der Waals surface area (Å²) in [4.78, 5) is 7.28. The Balaban J connectivity index is 1.41. The van der Waals surface area contributed by atoms with Crippen LogP contribution in [0, 0.1) is 5.41 Å². The van der Waals surface area contributed by atoms with E-state index >= 15 is 0 Å². The van der Waals surface area contributed by atoms with Crippen molar-refractivity contribution in [2.75, 3.05) is 13.1 Å². The number of rotatable bonds is 5. The molecule has 130 valence electrons. The average Bonchev–Trinajstić information content (AvgIpc) is 3.03. The Bertz CT molecular complexity index is 848. The Labute approximate surface area is 152 Å². The fourth-order valence-corrected chi connectivity index (χ4v) is 5.17. The molecule has 0 amide bonds. The normalized spacial score (nSPS) is 22.0. The first kappa shape index (κ1) is 15.6. The number of nitrogens with one attached hydrogen (secondary N) is 1. The third kappa shape index (κ3) is 2.90. The van der Waals surface area contributed by atoms with E-state index in [2.05, 4.69) is 60.8 Å². The highest BCUT2D eigenvalue weighted by atomic mass is 32.1. The van der Waals surface area contributed by atoms with Gasteiger partial charge in [0.1, 0.15) is 5.65 Å². The number of hydrogen-bond acceptors (Lipinski definition) is 4. The number of hydrogen-bond donors (Lipinski definition) is 1. The number of aromatic nitrogens is 2. The van der Waals surface area contributed by atoms with Crippen LogP contribution in [0.4, 0.5) is 0 Å². The zero-order chi connectivity index (χ0) is 16.7. The molecule has 0 bridgehead atoms. The predicted octanol–water partition coefficient (Wildman–Crippen LogP) is 3.54. The lowest BCUT2D eigenvalue weighted by molar-refractivity contribution is 0.186. The Morgan fingerprint density at radius 1 is 1.24 bits per heavy atom. The van der Waals surface area contributed by atoms with Gasteiger partial charge in [0.15, 0.2) is 0 Å². The second-order valence-electron chi connectivity index (χ2n) is 7.55. The molecule has 4 heterocycles. The lowest BCUT2D eigenvalue weighted by atomic mass is 9.93. The van der Waals surface area contributed by atoms with Crippen molar-refractivity contribution in [2.45, 2.75) is 38.4 Å². The van der Waals surface area contributed by atoms with E-state index in [1.807, 2.05) is 6.20 Å². The Hall–Kier alpha value is -1.69.